The van der Waals surface area contributed by atoms with Crippen LogP contribution in [0.4, 0.5) is 16.2 Å². The predicted octanol–water partition coefficient (Wildman–Crippen LogP) is 4.09. The average molecular weight is 482 g/mol. The first-order chi connectivity index (χ1) is 13.4. The summed E-state index contributed by atoms with van der Waals surface area (Å²) < 4.78 is 27.2. The smallest absolute Gasteiger partial charge is 0.323 e. The van der Waals surface area contributed by atoms with Crippen LogP contribution in [0.3, 0.4) is 0 Å². The van der Waals surface area contributed by atoms with Crippen molar-refractivity contribution >= 4 is 62.0 Å². The molecule has 2 rings (SSSR count). The molecule has 1 aromatic heterocycles. The van der Waals surface area contributed by atoms with E-state index in [4.69, 9.17) is 23.2 Å². The van der Waals surface area contributed by atoms with E-state index < -0.39 is 39.9 Å². The van der Waals surface area contributed by atoms with E-state index in [0.717, 1.165) is 11.3 Å². The number of carbonyl (C=O) groups excluding carboxylic acids is 1. The van der Waals surface area contributed by atoms with Crippen molar-refractivity contribution in [2.45, 2.75) is 31.0 Å². The summed E-state index contributed by atoms with van der Waals surface area (Å²) in [5, 5.41) is 26.3. The molecule has 0 spiro atoms. The number of anilines is 2. The fourth-order valence-electron chi connectivity index (χ4n) is 2.22. The normalized spacial score (nSPS) is 13.2. The minimum Gasteiger partial charge on any atom is -0.504 e. The Morgan fingerprint density at radius 3 is 2.41 bits per heavy atom. The molecule has 0 aliphatic heterocycles. The molecular formula is C17H21Cl2N3O5S2. The average Bonchev–Trinajstić information content (AvgIpc) is 2.97. The highest BCUT2D eigenvalue weighted by molar-refractivity contribution is 7.91. The molecule has 0 unspecified atom stereocenters. The number of sulfonamides is 1. The monoisotopic (exact) mass is 481 g/mol. The van der Waals surface area contributed by atoms with Gasteiger partial charge in [-0.05, 0) is 17.5 Å². The van der Waals surface area contributed by atoms with Crippen LogP contribution < -0.4 is 15.4 Å². The minimum absolute atomic E-state index is 0.0951. The second-order valence-corrected chi connectivity index (χ2v) is 10.8. The number of benzene rings is 1. The van der Waals surface area contributed by atoms with Gasteiger partial charge in [0.15, 0.2) is 9.96 Å². The van der Waals surface area contributed by atoms with Crippen LogP contribution in [0.5, 0.6) is 5.75 Å². The fraction of sp³-hybridized carbons (Fsp3) is 0.353. The van der Waals surface area contributed by atoms with Gasteiger partial charge in [-0.1, -0.05) is 50.0 Å². The molecule has 1 aromatic carbocycles. The molecule has 0 aliphatic rings. The summed E-state index contributed by atoms with van der Waals surface area (Å²) in [5.41, 5.74) is -0.398. The standard InChI is InChI=1S/C17H21Cl2N3O5S2/c1-17(2,3)12(7-23)22-29(26,27)15-14(24)11(8-28-15)21-16(25)20-10-6-4-5-9(18)13(10)19/h4-6,8,12,22-24H,7H2,1-3H3,(H2,20,21,25)/t12-/m1/s1. The molecule has 1 atom stereocenters. The van der Waals surface area contributed by atoms with E-state index in [0.29, 0.717) is 0 Å². The lowest BCUT2D eigenvalue weighted by Gasteiger charge is -2.29. The van der Waals surface area contributed by atoms with Crippen LogP contribution in [-0.4, -0.2) is 37.3 Å². The zero-order valence-corrected chi connectivity index (χ0v) is 18.9. The number of hydrogen-bond acceptors (Lipinski definition) is 6. The molecule has 0 bridgehead atoms. The maximum Gasteiger partial charge on any atom is 0.323 e. The Labute approximate surface area is 182 Å². The Morgan fingerprint density at radius 2 is 1.83 bits per heavy atom. The van der Waals surface area contributed by atoms with Crippen LogP contribution in [-0.2, 0) is 10.0 Å². The van der Waals surface area contributed by atoms with Gasteiger partial charge in [0.05, 0.1) is 34.1 Å². The van der Waals surface area contributed by atoms with Crippen molar-refractivity contribution in [2.24, 2.45) is 5.41 Å². The number of aliphatic hydroxyl groups is 1. The second-order valence-electron chi connectivity index (χ2n) is 7.19. The fourth-order valence-corrected chi connectivity index (χ4v) is 5.25. The number of aromatic hydroxyl groups is 1. The zero-order chi connectivity index (χ0) is 22.0. The lowest BCUT2D eigenvalue weighted by Crippen LogP contribution is -2.45. The SMILES string of the molecule is CC(C)(C)[C@@H](CO)NS(=O)(=O)c1scc(NC(=O)Nc2cccc(Cl)c2Cl)c1O. The molecule has 29 heavy (non-hydrogen) atoms. The van der Waals surface area contributed by atoms with E-state index in [1.807, 2.05) is 0 Å². The summed E-state index contributed by atoms with van der Waals surface area (Å²) in [6.45, 7) is 4.89. The van der Waals surface area contributed by atoms with Crippen molar-refractivity contribution in [1.82, 2.24) is 4.72 Å². The van der Waals surface area contributed by atoms with Crippen LogP contribution in [0, 0.1) is 5.41 Å². The largest absolute Gasteiger partial charge is 0.504 e. The van der Waals surface area contributed by atoms with Crippen molar-refractivity contribution in [2.75, 3.05) is 17.2 Å². The topological polar surface area (TPSA) is 128 Å². The van der Waals surface area contributed by atoms with Gasteiger partial charge < -0.3 is 20.8 Å². The zero-order valence-electron chi connectivity index (χ0n) is 15.8. The van der Waals surface area contributed by atoms with Crippen LogP contribution >= 0.6 is 34.5 Å². The van der Waals surface area contributed by atoms with Gasteiger partial charge in [-0.25, -0.2) is 17.9 Å². The quantitative estimate of drug-likeness (QED) is 0.424. The van der Waals surface area contributed by atoms with Gasteiger partial charge in [0.1, 0.15) is 0 Å². The molecule has 0 saturated heterocycles. The Hall–Kier alpha value is -1.56. The summed E-state index contributed by atoms with van der Waals surface area (Å²) in [6, 6.07) is 3.16. The van der Waals surface area contributed by atoms with E-state index in [9.17, 15) is 23.4 Å². The van der Waals surface area contributed by atoms with E-state index in [2.05, 4.69) is 15.4 Å². The molecule has 160 valence electrons. The third-order valence-electron chi connectivity index (χ3n) is 3.95. The first-order valence-electron chi connectivity index (χ1n) is 8.32. The number of rotatable bonds is 6. The Bertz CT molecular complexity index is 1000. The van der Waals surface area contributed by atoms with Crippen molar-refractivity contribution in [3.05, 3.63) is 33.6 Å². The first-order valence-corrected chi connectivity index (χ1v) is 11.4. The Balaban J connectivity index is 2.18. The van der Waals surface area contributed by atoms with Gasteiger partial charge in [-0.2, -0.15) is 0 Å². The van der Waals surface area contributed by atoms with Crippen LogP contribution in [0.2, 0.25) is 10.0 Å². The van der Waals surface area contributed by atoms with E-state index in [-0.39, 0.29) is 25.6 Å². The van der Waals surface area contributed by atoms with E-state index in [1.54, 1.807) is 32.9 Å². The maximum atomic E-state index is 12.6. The molecule has 8 nitrogen and oxygen atoms in total. The molecular weight excluding hydrogens is 461 g/mol. The number of thiophene rings is 1. The van der Waals surface area contributed by atoms with Crippen molar-refractivity contribution in [1.29, 1.82) is 0 Å². The second kappa shape index (κ2) is 9.07. The van der Waals surface area contributed by atoms with Gasteiger partial charge in [-0.3, -0.25) is 0 Å². The van der Waals surface area contributed by atoms with Gasteiger partial charge in [0.2, 0.25) is 0 Å². The summed E-state index contributed by atoms with van der Waals surface area (Å²) in [5.74, 6) is -0.611. The Morgan fingerprint density at radius 1 is 1.21 bits per heavy atom. The first kappa shape index (κ1) is 23.7. The number of halogens is 2. The van der Waals surface area contributed by atoms with Crippen molar-refractivity contribution in [3.8, 4) is 5.75 Å². The number of urea groups is 1. The minimum atomic E-state index is -4.12. The third kappa shape index (κ3) is 5.74. The Kier molecular flexibility index (Phi) is 7.42. The molecule has 2 amide bonds. The summed E-state index contributed by atoms with van der Waals surface area (Å²) in [4.78, 5) is 12.2. The van der Waals surface area contributed by atoms with Crippen molar-refractivity contribution in [3.63, 3.8) is 0 Å². The highest BCUT2D eigenvalue weighted by atomic mass is 35.5. The van der Waals surface area contributed by atoms with Gasteiger partial charge in [0, 0.05) is 5.38 Å². The molecule has 0 fully saturated rings. The number of hydrogen-bond donors (Lipinski definition) is 5. The highest BCUT2D eigenvalue weighted by Gasteiger charge is 2.32. The maximum absolute atomic E-state index is 12.6. The molecule has 5 N–H and O–H groups in total. The van der Waals surface area contributed by atoms with Gasteiger partial charge in [-0.15, -0.1) is 11.3 Å². The van der Waals surface area contributed by atoms with Crippen LogP contribution in [0.25, 0.3) is 0 Å². The van der Waals surface area contributed by atoms with Crippen molar-refractivity contribution < 1.29 is 23.4 Å². The third-order valence-corrected chi connectivity index (χ3v) is 7.75. The highest BCUT2D eigenvalue weighted by Crippen LogP contribution is 2.38. The van der Waals surface area contributed by atoms with E-state index in [1.165, 1.54) is 11.4 Å². The number of nitrogens with one attached hydrogen (secondary N) is 3. The lowest BCUT2D eigenvalue weighted by atomic mass is 9.88. The molecule has 0 aliphatic carbocycles. The number of amides is 2. The molecule has 2 aromatic rings. The number of aliphatic hydroxyl groups excluding tert-OH is 1. The molecule has 0 radical (unpaired) electrons. The lowest BCUT2D eigenvalue weighted by molar-refractivity contribution is 0.177. The summed E-state index contributed by atoms with van der Waals surface area (Å²) in [7, 11) is -4.12. The molecule has 1 heterocycles. The molecule has 12 heteroatoms. The number of carbonyl (C=O) groups is 1. The van der Waals surface area contributed by atoms with Crippen LogP contribution in [0.1, 0.15) is 20.8 Å². The van der Waals surface area contributed by atoms with Gasteiger partial charge in [0.25, 0.3) is 10.0 Å². The summed E-state index contributed by atoms with van der Waals surface area (Å²) >= 11 is 12.6. The van der Waals surface area contributed by atoms with Gasteiger partial charge >= 0.3 is 6.03 Å². The summed E-state index contributed by atoms with van der Waals surface area (Å²) in [6.07, 6.45) is 0. The van der Waals surface area contributed by atoms with Crippen LogP contribution in [0.15, 0.2) is 27.8 Å². The van der Waals surface area contributed by atoms with E-state index >= 15 is 0 Å². The predicted molar refractivity (Wildman–Crippen MR) is 116 cm³/mol. The molecule has 0 saturated carbocycles.